The van der Waals surface area contributed by atoms with E-state index in [0.717, 1.165) is 28.8 Å². The van der Waals surface area contributed by atoms with Gasteiger partial charge in [-0.25, -0.2) is 4.79 Å². The molecule has 0 fully saturated rings. The van der Waals surface area contributed by atoms with Gasteiger partial charge in [0, 0.05) is 68.0 Å². The van der Waals surface area contributed by atoms with Gasteiger partial charge in [-0.3, -0.25) is 14.5 Å². The van der Waals surface area contributed by atoms with Crippen LogP contribution in [0.5, 0.6) is 5.75 Å². The van der Waals surface area contributed by atoms with Crippen LogP contribution in [0, 0.1) is 6.92 Å². The van der Waals surface area contributed by atoms with Crippen molar-refractivity contribution in [3.63, 3.8) is 0 Å². The quantitative estimate of drug-likeness (QED) is 0.330. The summed E-state index contributed by atoms with van der Waals surface area (Å²) in [7, 11) is 3.55. The lowest BCUT2D eigenvalue weighted by atomic mass is 9.92. The Morgan fingerprint density at radius 3 is 2.19 bits per heavy atom. The Balaban J connectivity index is 1.43. The van der Waals surface area contributed by atoms with Crippen LogP contribution in [0.25, 0.3) is 11.3 Å². The van der Waals surface area contributed by atoms with Crippen LogP contribution in [0.4, 0.5) is 10.5 Å². The number of benzene rings is 3. The van der Waals surface area contributed by atoms with Crippen molar-refractivity contribution in [2.45, 2.75) is 45.9 Å². The molecule has 0 unspecified atom stereocenters. The summed E-state index contributed by atoms with van der Waals surface area (Å²) in [6.07, 6.45) is -0.257. The number of hydrogen-bond acceptors (Lipinski definition) is 4. The van der Waals surface area contributed by atoms with E-state index < -0.39 is 6.09 Å². The summed E-state index contributed by atoms with van der Waals surface area (Å²) in [5.74, 6) is -0.233. The van der Waals surface area contributed by atoms with E-state index in [2.05, 4.69) is 19.1 Å². The molecule has 0 aliphatic carbocycles. The van der Waals surface area contributed by atoms with Crippen LogP contribution in [-0.4, -0.2) is 55.6 Å². The van der Waals surface area contributed by atoms with E-state index in [0.29, 0.717) is 34.6 Å². The fourth-order valence-electron chi connectivity index (χ4n) is 6.23. The van der Waals surface area contributed by atoms with Crippen molar-refractivity contribution in [1.82, 2.24) is 14.4 Å². The van der Waals surface area contributed by atoms with Gasteiger partial charge in [0.2, 0.25) is 0 Å². The number of amides is 3. The average Bonchev–Trinajstić information content (AvgIpc) is 3.55. The van der Waals surface area contributed by atoms with E-state index in [1.807, 2.05) is 53.8 Å². The first kappa shape index (κ1) is 28.1. The van der Waals surface area contributed by atoms with E-state index >= 15 is 0 Å². The number of fused-ring (bicyclic) bond motifs is 2. The second-order valence-electron chi connectivity index (χ2n) is 11.5. The van der Waals surface area contributed by atoms with Crippen LogP contribution in [-0.2, 0) is 33.1 Å². The molecular formula is C34H34N4O5. The molecule has 6 rings (SSSR count). The lowest BCUT2D eigenvalue weighted by Crippen LogP contribution is -2.42. The van der Waals surface area contributed by atoms with Crippen molar-refractivity contribution in [2.75, 3.05) is 11.9 Å². The summed E-state index contributed by atoms with van der Waals surface area (Å²) >= 11 is 0. The highest BCUT2D eigenvalue weighted by Gasteiger charge is 2.33. The Bertz CT molecular complexity index is 1770. The van der Waals surface area contributed by atoms with Gasteiger partial charge in [0.1, 0.15) is 5.75 Å². The maximum absolute atomic E-state index is 14.4. The molecule has 1 atom stereocenters. The Hall–Kier alpha value is -5.05. The Labute approximate surface area is 250 Å². The summed E-state index contributed by atoms with van der Waals surface area (Å²) in [6.45, 7) is 4.86. The first-order valence-corrected chi connectivity index (χ1v) is 14.3. The smallest absolute Gasteiger partial charge is 0.407 e. The van der Waals surface area contributed by atoms with Crippen LogP contribution >= 0.6 is 0 Å². The van der Waals surface area contributed by atoms with Crippen molar-refractivity contribution in [1.29, 1.82) is 0 Å². The number of carbonyl (C=O) groups excluding carboxylic acids is 2. The first-order chi connectivity index (χ1) is 20.5. The highest BCUT2D eigenvalue weighted by Crippen LogP contribution is 2.36. The minimum absolute atomic E-state index is 0.0229. The van der Waals surface area contributed by atoms with Crippen molar-refractivity contribution in [3.05, 3.63) is 106 Å². The van der Waals surface area contributed by atoms with Gasteiger partial charge >= 0.3 is 6.09 Å². The standard InChI is InChI=1S/C34H34N4O5/c1-20-13-22-7-5-6-8-23(22)19-38(20)33(41)30-15-25-18-37(34(42)43)17-24(25)14-29(30)31-16-28(21(2)35(31)3)32(40)36(4)26-9-11-27(39)12-10-26/h5-12,14-16,20,39H,13,17-19H2,1-4H3,(H,42,43)/t20-/m1/s1. The zero-order chi connectivity index (χ0) is 30.6. The number of phenols is 1. The minimum atomic E-state index is -1.01. The number of hydrogen-bond donors (Lipinski definition) is 2. The lowest BCUT2D eigenvalue weighted by molar-refractivity contribution is 0.0658. The summed E-state index contributed by atoms with van der Waals surface area (Å²) in [6, 6.07) is 20.1. The van der Waals surface area contributed by atoms with Crippen LogP contribution in [0.2, 0.25) is 0 Å². The maximum Gasteiger partial charge on any atom is 0.407 e. The van der Waals surface area contributed by atoms with Crippen LogP contribution in [0.1, 0.15) is 55.6 Å². The SMILES string of the molecule is Cc1c(C(=O)N(C)c2ccc(O)cc2)cc(-c2cc3c(cc2C(=O)N2Cc4ccccc4C[C@H]2C)CN(C(=O)O)C3)n1C. The lowest BCUT2D eigenvalue weighted by Gasteiger charge is -2.35. The number of anilines is 1. The molecule has 0 saturated heterocycles. The van der Waals surface area contributed by atoms with Crippen molar-refractivity contribution >= 4 is 23.6 Å². The maximum atomic E-state index is 14.4. The number of carboxylic acid groups (broad SMARTS) is 1. The van der Waals surface area contributed by atoms with Crippen LogP contribution in [0.3, 0.4) is 0 Å². The van der Waals surface area contributed by atoms with Gasteiger partial charge in [0.25, 0.3) is 11.8 Å². The molecule has 3 aromatic carbocycles. The normalized spacial score (nSPS) is 15.7. The summed E-state index contributed by atoms with van der Waals surface area (Å²) in [5, 5.41) is 19.4. The third kappa shape index (κ3) is 4.90. The molecule has 0 bridgehead atoms. The third-order valence-corrected chi connectivity index (χ3v) is 8.91. The van der Waals surface area contributed by atoms with Gasteiger partial charge in [-0.1, -0.05) is 24.3 Å². The molecule has 2 aliphatic rings. The fraction of sp³-hybridized carbons (Fsp3) is 0.265. The van der Waals surface area contributed by atoms with Gasteiger partial charge in [-0.05, 0) is 85.0 Å². The first-order valence-electron chi connectivity index (χ1n) is 14.3. The van der Waals surface area contributed by atoms with Gasteiger partial charge < -0.3 is 24.6 Å². The molecular weight excluding hydrogens is 544 g/mol. The molecule has 2 N–H and O–H groups in total. The average molecular weight is 579 g/mol. The Morgan fingerprint density at radius 2 is 1.51 bits per heavy atom. The molecule has 220 valence electrons. The van der Waals surface area contributed by atoms with E-state index in [9.17, 15) is 24.6 Å². The summed E-state index contributed by atoms with van der Waals surface area (Å²) < 4.78 is 1.91. The molecule has 3 heterocycles. The molecule has 3 amide bonds. The molecule has 43 heavy (non-hydrogen) atoms. The number of phenolic OH excluding ortho intramolecular Hbond substituents is 1. The highest BCUT2D eigenvalue weighted by molar-refractivity contribution is 6.08. The monoisotopic (exact) mass is 578 g/mol. The molecule has 9 nitrogen and oxygen atoms in total. The topological polar surface area (TPSA) is 106 Å². The predicted octanol–water partition coefficient (Wildman–Crippen LogP) is 5.56. The number of carbonyl (C=O) groups is 3. The van der Waals surface area contributed by atoms with Gasteiger partial charge in [0.15, 0.2) is 0 Å². The van der Waals surface area contributed by atoms with E-state index in [-0.39, 0.29) is 36.7 Å². The molecule has 4 aromatic rings. The zero-order valence-corrected chi connectivity index (χ0v) is 24.7. The van der Waals surface area contributed by atoms with E-state index in [4.69, 9.17) is 0 Å². The Morgan fingerprint density at radius 1 is 0.860 bits per heavy atom. The number of aromatic hydroxyl groups is 1. The molecule has 0 radical (unpaired) electrons. The summed E-state index contributed by atoms with van der Waals surface area (Å²) in [5.41, 5.74) is 7.73. The van der Waals surface area contributed by atoms with Crippen molar-refractivity contribution < 1.29 is 24.6 Å². The summed E-state index contributed by atoms with van der Waals surface area (Å²) in [4.78, 5) is 44.6. The Kier molecular flexibility index (Phi) is 6.96. The molecule has 0 spiro atoms. The second-order valence-corrected chi connectivity index (χ2v) is 11.5. The van der Waals surface area contributed by atoms with Crippen molar-refractivity contribution in [2.24, 2.45) is 7.05 Å². The molecule has 0 saturated carbocycles. The zero-order valence-electron chi connectivity index (χ0n) is 24.7. The van der Waals surface area contributed by atoms with Crippen LogP contribution in [0.15, 0.2) is 66.7 Å². The molecule has 2 aliphatic heterocycles. The largest absolute Gasteiger partial charge is 0.508 e. The van der Waals surface area contributed by atoms with Gasteiger partial charge in [0.05, 0.1) is 5.56 Å². The second kappa shape index (κ2) is 10.7. The van der Waals surface area contributed by atoms with E-state index in [1.165, 1.54) is 27.5 Å². The fourth-order valence-corrected chi connectivity index (χ4v) is 6.23. The van der Waals surface area contributed by atoms with Gasteiger partial charge in [-0.2, -0.15) is 0 Å². The van der Waals surface area contributed by atoms with Gasteiger partial charge in [-0.15, -0.1) is 0 Å². The molecule has 9 heteroatoms. The van der Waals surface area contributed by atoms with Crippen molar-refractivity contribution in [3.8, 4) is 17.0 Å². The minimum Gasteiger partial charge on any atom is -0.508 e. The number of aromatic nitrogens is 1. The highest BCUT2D eigenvalue weighted by atomic mass is 16.4. The predicted molar refractivity (Wildman–Crippen MR) is 163 cm³/mol. The third-order valence-electron chi connectivity index (χ3n) is 8.91. The van der Waals surface area contributed by atoms with Crippen LogP contribution < -0.4 is 4.90 Å². The van der Waals surface area contributed by atoms with E-state index in [1.54, 1.807) is 19.2 Å². The number of rotatable bonds is 4. The molecule has 1 aromatic heterocycles. The number of nitrogens with zero attached hydrogens (tertiary/aromatic N) is 4.